The van der Waals surface area contributed by atoms with E-state index in [0.29, 0.717) is 24.9 Å². The van der Waals surface area contributed by atoms with Crippen LogP contribution in [0.15, 0.2) is 18.2 Å². The van der Waals surface area contributed by atoms with Crippen molar-refractivity contribution in [2.45, 2.75) is 63.5 Å². The summed E-state index contributed by atoms with van der Waals surface area (Å²) in [5.74, 6) is 0.260. The van der Waals surface area contributed by atoms with E-state index in [-0.39, 0.29) is 11.8 Å². The van der Waals surface area contributed by atoms with Gasteiger partial charge in [-0.15, -0.1) is 0 Å². The predicted molar refractivity (Wildman–Crippen MR) is 97.5 cm³/mol. The summed E-state index contributed by atoms with van der Waals surface area (Å²) < 4.78 is 0. The number of aryl methyl sites for hydroxylation is 1. The Bertz CT molecular complexity index is 673. The smallest absolute Gasteiger partial charge is 0.228 e. The van der Waals surface area contributed by atoms with Gasteiger partial charge in [0.2, 0.25) is 11.8 Å². The fourth-order valence-corrected chi connectivity index (χ4v) is 4.59. The molecule has 5 nitrogen and oxygen atoms in total. The van der Waals surface area contributed by atoms with Crippen LogP contribution in [-0.4, -0.2) is 41.9 Å². The van der Waals surface area contributed by atoms with Crippen LogP contribution in [-0.2, 0) is 22.4 Å². The van der Waals surface area contributed by atoms with Crippen molar-refractivity contribution in [2.75, 3.05) is 18.4 Å². The lowest BCUT2D eigenvalue weighted by atomic mass is 9.98. The van der Waals surface area contributed by atoms with Gasteiger partial charge in [0.05, 0.1) is 6.42 Å². The van der Waals surface area contributed by atoms with Crippen molar-refractivity contribution in [3.8, 4) is 0 Å². The van der Waals surface area contributed by atoms with Gasteiger partial charge in [-0.3, -0.25) is 14.5 Å². The number of anilines is 1. The minimum atomic E-state index is 0.0693. The Morgan fingerprint density at radius 3 is 3.08 bits per heavy atom. The Kier molecular flexibility index (Phi) is 4.75. The van der Waals surface area contributed by atoms with Crippen LogP contribution < -0.4 is 10.6 Å². The Hall–Kier alpha value is -1.88. The third-order valence-electron chi connectivity index (χ3n) is 5.87. The van der Waals surface area contributed by atoms with Gasteiger partial charge >= 0.3 is 0 Å². The molecule has 0 saturated carbocycles. The molecule has 5 heteroatoms. The van der Waals surface area contributed by atoms with Gasteiger partial charge in [0.15, 0.2) is 0 Å². The van der Waals surface area contributed by atoms with Crippen LogP contribution in [0.1, 0.15) is 49.7 Å². The quantitative estimate of drug-likeness (QED) is 0.863. The molecule has 3 aliphatic heterocycles. The topological polar surface area (TPSA) is 61.4 Å². The van der Waals surface area contributed by atoms with Gasteiger partial charge in [-0.2, -0.15) is 0 Å². The molecule has 0 radical (unpaired) electrons. The number of fused-ring (bicyclic) bond motifs is 2. The number of hydrogen-bond donors (Lipinski definition) is 2. The number of carbonyl (C=O) groups excluding carboxylic acids is 2. The third-order valence-corrected chi connectivity index (χ3v) is 5.87. The highest BCUT2D eigenvalue weighted by Crippen LogP contribution is 2.27. The second-order valence-electron chi connectivity index (χ2n) is 7.63. The largest absolute Gasteiger partial charge is 0.352 e. The summed E-state index contributed by atoms with van der Waals surface area (Å²) in [4.78, 5) is 26.3. The summed E-state index contributed by atoms with van der Waals surface area (Å²) in [6, 6.07) is 7.05. The molecule has 3 aliphatic rings. The fourth-order valence-electron chi connectivity index (χ4n) is 4.59. The molecule has 0 spiro atoms. The molecule has 2 amide bonds. The van der Waals surface area contributed by atoms with Crippen LogP contribution in [0.2, 0.25) is 0 Å². The molecule has 0 bridgehead atoms. The summed E-state index contributed by atoms with van der Waals surface area (Å²) in [5.41, 5.74) is 3.22. The van der Waals surface area contributed by atoms with Gasteiger partial charge < -0.3 is 10.6 Å². The van der Waals surface area contributed by atoms with E-state index < -0.39 is 0 Å². The fraction of sp³-hybridized carbons (Fsp3) is 0.600. The van der Waals surface area contributed by atoms with Crippen LogP contribution in [0.3, 0.4) is 0 Å². The van der Waals surface area contributed by atoms with Crippen molar-refractivity contribution >= 4 is 17.5 Å². The van der Waals surface area contributed by atoms with Crippen molar-refractivity contribution in [3.63, 3.8) is 0 Å². The number of nitrogens with zero attached hydrogens (tertiary/aromatic N) is 1. The molecule has 1 aromatic rings. The molecular formula is C20H27N3O2. The van der Waals surface area contributed by atoms with Crippen molar-refractivity contribution in [2.24, 2.45) is 0 Å². The minimum absolute atomic E-state index is 0.0693. The highest BCUT2D eigenvalue weighted by Gasteiger charge is 2.35. The zero-order valence-electron chi connectivity index (χ0n) is 14.7. The zero-order chi connectivity index (χ0) is 17.2. The molecule has 3 heterocycles. The van der Waals surface area contributed by atoms with Crippen molar-refractivity contribution in [3.05, 3.63) is 29.3 Å². The van der Waals surface area contributed by atoms with E-state index in [1.807, 2.05) is 6.07 Å². The van der Waals surface area contributed by atoms with E-state index in [9.17, 15) is 9.59 Å². The Morgan fingerprint density at radius 2 is 2.16 bits per heavy atom. The average molecular weight is 341 g/mol. The van der Waals surface area contributed by atoms with E-state index in [1.54, 1.807) is 0 Å². The third kappa shape index (κ3) is 3.71. The second-order valence-corrected chi connectivity index (χ2v) is 7.63. The van der Waals surface area contributed by atoms with Gasteiger partial charge in [0, 0.05) is 30.7 Å². The molecule has 0 aromatic heterocycles. The standard InChI is InChI=1S/C20H27N3O2/c24-19(22-17-9-11-23-10-2-1-5-18(17)23)6-3-4-14-7-8-16-15(12-14)13-20(25)21-16/h7-8,12,17-18H,1-6,9-11,13H2,(H,21,25)(H,22,24)/t17-,18-/m1/s1. The maximum Gasteiger partial charge on any atom is 0.228 e. The SMILES string of the molecule is O=C1Cc2cc(CCCC(=O)N[C@@H]3CCN4CCCC[C@H]34)ccc2N1. The first kappa shape index (κ1) is 16.6. The molecule has 1 aromatic carbocycles. The molecular weight excluding hydrogens is 314 g/mol. The van der Waals surface area contributed by atoms with Crippen LogP contribution in [0.5, 0.6) is 0 Å². The van der Waals surface area contributed by atoms with Crippen LogP contribution >= 0.6 is 0 Å². The molecule has 2 atom stereocenters. The van der Waals surface area contributed by atoms with Gasteiger partial charge in [0.1, 0.15) is 0 Å². The number of nitrogens with one attached hydrogen (secondary N) is 2. The lowest BCUT2D eigenvalue weighted by Gasteiger charge is -2.32. The summed E-state index contributed by atoms with van der Waals surface area (Å²) in [6.07, 6.45) is 7.72. The van der Waals surface area contributed by atoms with E-state index in [0.717, 1.165) is 37.1 Å². The summed E-state index contributed by atoms with van der Waals surface area (Å²) in [7, 11) is 0. The van der Waals surface area contributed by atoms with Crippen molar-refractivity contribution < 1.29 is 9.59 Å². The number of amides is 2. The monoisotopic (exact) mass is 341 g/mol. The maximum atomic E-state index is 12.3. The number of benzene rings is 1. The highest BCUT2D eigenvalue weighted by atomic mass is 16.2. The lowest BCUT2D eigenvalue weighted by molar-refractivity contribution is -0.122. The van der Waals surface area contributed by atoms with Gasteiger partial charge in [-0.05, 0) is 55.8 Å². The van der Waals surface area contributed by atoms with Crippen molar-refractivity contribution in [1.29, 1.82) is 0 Å². The van der Waals surface area contributed by atoms with E-state index in [4.69, 9.17) is 0 Å². The number of hydrogen-bond acceptors (Lipinski definition) is 3. The van der Waals surface area contributed by atoms with E-state index >= 15 is 0 Å². The number of piperidine rings is 1. The van der Waals surface area contributed by atoms with Crippen LogP contribution in [0, 0.1) is 0 Å². The summed E-state index contributed by atoms with van der Waals surface area (Å²) >= 11 is 0. The molecule has 25 heavy (non-hydrogen) atoms. The van der Waals surface area contributed by atoms with Gasteiger partial charge in [0.25, 0.3) is 0 Å². The number of carbonyl (C=O) groups is 2. The average Bonchev–Trinajstić information content (AvgIpc) is 3.17. The Morgan fingerprint density at radius 1 is 1.24 bits per heavy atom. The molecule has 4 rings (SSSR count). The van der Waals surface area contributed by atoms with E-state index in [2.05, 4.69) is 27.7 Å². The minimum Gasteiger partial charge on any atom is -0.352 e. The maximum absolute atomic E-state index is 12.3. The molecule has 2 saturated heterocycles. The predicted octanol–water partition coefficient (Wildman–Crippen LogP) is 2.25. The molecule has 2 fully saturated rings. The Balaban J connectivity index is 1.23. The first-order valence-electron chi connectivity index (χ1n) is 9.64. The van der Waals surface area contributed by atoms with E-state index in [1.165, 1.54) is 31.4 Å². The second kappa shape index (κ2) is 7.16. The molecule has 2 N–H and O–H groups in total. The summed E-state index contributed by atoms with van der Waals surface area (Å²) in [6.45, 7) is 2.34. The summed E-state index contributed by atoms with van der Waals surface area (Å²) in [5, 5.41) is 6.13. The van der Waals surface area contributed by atoms with Gasteiger partial charge in [-0.25, -0.2) is 0 Å². The molecule has 0 unspecified atom stereocenters. The first-order chi connectivity index (χ1) is 12.2. The molecule has 134 valence electrons. The van der Waals surface area contributed by atoms with Gasteiger partial charge in [-0.1, -0.05) is 18.6 Å². The molecule has 0 aliphatic carbocycles. The van der Waals surface area contributed by atoms with Crippen molar-refractivity contribution in [1.82, 2.24) is 10.2 Å². The van der Waals surface area contributed by atoms with Crippen LogP contribution in [0.4, 0.5) is 5.69 Å². The van der Waals surface area contributed by atoms with Crippen LogP contribution in [0.25, 0.3) is 0 Å². The zero-order valence-corrected chi connectivity index (χ0v) is 14.7. The normalized spacial score (nSPS) is 25.4. The first-order valence-corrected chi connectivity index (χ1v) is 9.64. The highest BCUT2D eigenvalue weighted by molar-refractivity contribution is 5.99. The number of rotatable bonds is 5. The Labute approximate surface area is 149 Å². The lowest BCUT2D eigenvalue weighted by Crippen LogP contribution is -2.46.